The van der Waals surface area contributed by atoms with E-state index in [1.54, 1.807) is 18.3 Å². The second-order valence-electron chi connectivity index (χ2n) is 10.1. The number of benzene rings is 1. The number of hydrogen-bond donors (Lipinski definition) is 1. The van der Waals surface area contributed by atoms with Crippen molar-refractivity contribution in [1.29, 1.82) is 0 Å². The first kappa shape index (κ1) is 20.4. The summed E-state index contributed by atoms with van der Waals surface area (Å²) >= 11 is 0. The highest BCUT2D eigenvalue weighted by Crippen LogP contribution is 2.55. The van der Waals surface area contributed by atoms with Crippen molar-refractivity contribution in [3.63, 3.8) is 0 Å². The van der Waals surface area contributed by atoms with Gasteiger partial charge in [0.15, 0.2) is 0 Å². The summed E-state index contributed by atoms with van der Waals surface area (Å²) in [5.74, 6) is 0.0416. The lowest BCUT2D eigenvalue weighted by Crippen LogP contribution is -2.49. The molecule has 2 aliphatic carbocycles. The van der Waals surface area contributed by atoms with Crippen molar-refractivity contribution in [2.45, 2.75) is 69.7 Å². The van der Waals surface area contributed by atoms with Crippen LogP contribution in [0.1, 0.15) is 62.9 Å². The molecule has 9 nitrogen and oxygen atoms in total. The largest absolute Gasteiger partial charge is 0.490 e. The number of carbonyl (C=O) groups is 1. The van der Waals surface area contributed by atoms with E-state index in [4.69, 9.17) is 14.6 Å². The van der Waals surface area contributed by atoms with Gasteiger partial charge in [0, 0.05) is 36.7 Å². The lowest BCUT2D eigenvalue weighted by molar-refractivity contribution is 0.00383. The molecule has 1 aromatic carbocycles. The van der Waals surface area contributed by atoms with Gasteiger partial charge in [0.1, 0.15) is 11.4 Å². The minimum atomic E-state index is -0.399. The standard InChI is InChI=1S/C24H27N5O4/c1-14(2)33-20-9-19-15(10-28(27-19)24-11-23(3,12-24)32-13-24)8-17(20)21(30)26-18-6-7-25-29(22(18)31)16-4-5-16/h6-10,14,16H,4-5,11-13H2,1-3H3,(H,26,30). The van der Waals surface area contributed by atoms with E-state index in [0.29, 0.717) is 17.9 Å². The summed E-state index contributed by atoms with van der Waals surface area (Å²) in [5.41, 5.74) is 0.888. The van der Waals surface area contributed by atoms with Gasteiger partial charge in [0.2, 0.25) is 0 Å². The van der Waals surface area contributed by atoms with Crippen LogP contribution < -0.4 is 15.6 Å². The number of ether oxygens (including phenoxy) is 2. The predicted octanol–water partition coefficient (Wildman–Crippen LogP) is 3.25. The fourth-order valence-electron chi connectivity index (χ4n) is 5.20. The Kier molecular flexibility index (Phi) is 4.27. The maximum Gasteiger partial charge on any atom is 0.290 e. The minimum Gasteiger partial charge on any atom is -0.490 e. The van der Waals surface area contributed by atoms with Gasteiger partial charge in [0.25, 0.3) is 11.5 Å². The summed E-state index contributed by atoms with van der Waals surface area (Å²) in [6.45, 7) is 6.60. The first-order valence-corrected chi connectivity index (χ1v) is 11.5. The lowest BCUT2D eigenvalue weighted by Gasteiger charge is -2.42. The molecule has 33 heavy (non-hydrogen) atoms. The number of nitrogens with zero attached hydrogens (tertiary/aromatic N) is 4. The lowest BCUT2D eigenvalue weighted by atomic mass is 9.69. The van der Waals surface area contributed by atoms with E-state index in [1.165, 1.54) is 10.7 Å². The molecule has 0 unspecified atom stereocenters. The monoisotopic (exact) mass is 449 g/mol. The van der Waals surface area contributed by atoms with Crippen LogP contribution in [0.5, 0.6) is 5.75 Å². The summed E-state index contributed by atoms with van der Waals surface area (Å²) < 4.78 is 15.3. The molecule has 0 radical (unpaired) electrons. The van der Waals surface area contributed by atoms with Gasteiger partial charge in [0.05, 0.1) is 41.0 Å². The molecule has 7 rings (SSSR count). The first-order valence-electron chi connectivity index (χ1n) is 11.5. The summed E-state index contributed by atoms with van der Waals surface area (Å²) in [7, 11) is 0. The predicted molar refractivity (Wildman–Crippen MR) is 122 cm³/mol. The molecule has 2 aliphatic heterocycles. The zero-order valence-electron chi connectivity index (χ0n) is 19.0. The van der Waals surface area contributed by atoms with Crippen LogP contribution in [0.4, 0.5) is 5.69 Å². The summed E-state index contributed by atoms with van der Waals surface area (Å²) in [6, 6.07) is 5.26. The Balaban J connectivity index is 1.36. The Morgan fingerprint density at radius 3 is 2.76 bits per heavy atom. The van der Waals surface area contributed by atoms with Gasteiger partial charge < -0.3 is 14.8 Å². The summed E-state index contributed by atoms with van der Waals surface area (Å²) in [5, 5.41) is 12.6. The van der Waals surface area contributed by atoms with Crippen LogP contribution in [0.15, 0.2) is 35.4 Å². The van der Waals surface area contributed by atoms with Gasteiger partial charge in [-0.1, -0.05) is 0 Å². The van der Waals surface area contributed by atoms with Crippen LogP contribution in [0.3, 0.4) is 0 Å². The topological polar surface area (TPSA) is 100 Å². The molecule has 2 aromatic heterocycles. The maximum atomic E-state index is 13.3. The second kappa shape index (κ2) is 6.90. The van der Waals surface area contributed by atoms with Crippen LogP contribution in [0.2, 0.25) is 0 Å². The van der Waals surface area contributed by atoms with Crippen LogP contribution in [0.25, 0.3) is 10.9 Å². The third-order valence-electron chi connectivity index (χ3n) is 6.81. The number of anilines is 1. The Bertz CT molecular complexity index is 1330. The fourth-order valence-corrected chi connectivity index (χ4v) is 5.20. The van der Waals surface area contributed by atoms with Gasteiger partial charge >= 0.3 is 0 Å². The van der Waals surface area contributed by atoms with E-state index in [0.717, 1.165) is 36.6 Å². The first-order chi connectivity index (χ1) is 15.8. The van der Waals surface area contributed by atoms with E-state index in [9.17, 15) is 9.59 Å². The van der Waals surface area contributed by atoms with E-state index < -0.39 is 5.91 Å². The van der Waals surface area contributed by atoms with Crippen LogP contribution in [-0.2, 0) is 10.3 Å². The molecule has 9 heteroatoms. The number of nitrogens with one attached hydrogen (secondary N) is 1. The Morgan fingerprint density at radius 1 is 1.30 bits per heavy atom. The van der Waals surface area contributed by atoms with E-state index in [-0.39, 0.29) is 34.5 Å². The van der Waals surface area contributed by atoms with Crippen molar-refractivity contribution < 1.29 is 14.3 Å². The third-order valence-corrected chi connectivity index (χ3v) is 6.81. The highest BCUT2D eigenvalue weighted by atomic mass is 16.5. The van der Waals surface area contributed by atoms with Gasteiger partial charge in [-0.15, -0.1) is 0 Å². The number of fused-ring (bicyclic) bond motifs is 2. The molecule has 1 N–H and O–H groups in total. The number of amides is 1. The SMILES string of the molecule is CC(C)Oc1cc2nn(C34COC(C)(C3)C4)cc2cc1C(=O)Nc1ccnn(C2CC2)c1=O. The average molecular weight is 450 g/mol. The van der Waals surface area contributed by atoms with Crippen LogP contribution in [-0.4, -0.2) is 43.8 Å². The zero-order valence-corrected chi connectivity index (χ0v) is 19.0. The zero-order chi connectivity index (χ0) is 23.0. The molecule has 2 saturated carbocycles. The van der Waals surface area contributed by atoms with Crippen molar-refractivity contribution in [3.8, 4) is 5.75 Å². The molecule has 4 fully saturated rings. The molecule has 2 saturated heterocycles. The van der Waals surface area contributed by atoms with Crippen molar-refractivity contribution in [2.24, 2.45) is 0 Å². The molecular weight excluding hydrogens is 422 g/mol. The molecule has 172 valence electrons. The van der Waals surface area contributed by atoms with Crippen molar-refractivity contribution in [3.05, 3.63) is 46.5 Å². The molecule has 3 aromatic rings. The molecular formula is C24H27N5O4. The summed E-state index contributed by atoms with van der Waals surface area (Å²) in [6.07, 6.45) is 7.14. The Hall–Kier alpha value is -3.20. The van der Waals surface area contributed by atoms with Crippen molar-refractivity contribution >= 4 is 22.5 Å². The fraction of sp³-hybridized carbons (Fsp3) is 0.500. The molecule has 2 bridgehead atoms. The van der Waals surface area contributed by atoms with Crippen LogP contribution >= 0.6 is 0 Å². The normalized spacial score (nSPS) is 25.9. The summed E-state index contributed by atoms with van der Waals surface area (Å²) in [4.78, 5) is 26.0. The van der Waals surface area contributed by atoms with Crippen molar-refractivity contribution in [2.75, 3.05) is 11.9 Å². The third kappa shape index (κ3) is 3.33. The van der Waals surface area contributed by atoms with Gasteiger partial charge in [-0.2, -0.15) is 10.2 Å². The number of aromatic nitrogens is 4. The van der Waals surface area contributed by atoms with Crippen molar-refractivity contribution in [1.82, 2.24) is 19.6 Å². The average Bonchev–Trinajstić information content (AvgIpc) is 3.28. The van der Waals surface area contributed by atoms with E-state index in [2.05, 4.69) is 17.3 Å². The smallest absolute Gasteiger partial charge is 0.290 e. The van der Waals surface area contributed by atoms with Gasteiger partial charge in [-0.3, -0.25) is 14.3 Å². The highest BCUT2D eigenvalue weighted by molar-refractivity contribution is 6.08. The molecule has 4 aliphatic rings. The number of hydrogen-bond acceptors (Lipinski definition) is 6. The van der Waals surface area contributed by atoms with E-state index in [1.807, 2.05) is 24.7 Å². The van der Waals surface area contributed by atoms with E-state index >= 15 is 0 Å². The second-order valence-corrected chi connectivity index (χ2v) is 10.1. The Morgan fingerprint density at radius 2 is 2.09 bits per heavy atom. The Labute approximate surface area is 190 Å². The maximum absolute atomic E-state index is 13.3. The number of carbonyl (C=O) groups excluding carboxylic acids is 1. The molecule has 0 atom stereocenters. The minimum absolute atomic E-state index is 0.0486. The molecule has 4 heterocycles. The highest BCUT2D eigenvalue weighted by Gasteiger charge is 2.61. The van der Waals surface area contributed by atoms with Gasteiger partial charge in [-0.05, 0) is 45.7 Å². The molecule has 0 spiro atoms. The number of rotatable bonds is 6. The molecule has 1 amide bonds. The van der Waals surface area contributed by atoms with Crippen LogP contribution in [0, 0.1) is 0 Å². The van der Waals surface area contributed by atoms with Gasteiger partial charge in [-0.25, -0.2) is 4.68 Å². The quantitative estimate of drug-likeness (QED) is 0.620.